The van der Waals surface area contributed by atoms with Crippen LogP contribution in [0.5, 0.6) is 6.01 Å². The van der Waals surface area contributed by atoms with Gasteiger partial charge in [0.1, 0.15) is 16.9 Å². The molecule has 3 aromatic carbocycles. The normalized spacial score (nSPS) is 23.5. The number of amides is 1. The van der Waals surface area contributed by atoms with Gasteiger partial charge in [0.2, 0.25) is 0 Å². The summed E-state index contributed by atoms with van der Waals surface area (Å²) in [5.41, 5.74) is 0.148. The fraction of sp³-hybridized carbons (Fsp3) is 0.513. The SMILES string of the molecule is C[C@@H](COc1nc(N2CC3CCC(C2)N3C(=O)OC(C)(C)C)c2cc(Cl)c(-c3cc(B(O)O)cc4ccccc34)c(F)c2n1)CN1C2CCC1COC2. The van der Waals surface area contributed by atoms with Gasteiger partial charge in [-0.1, -0.05) is 54.9 Å². The van der Waals surface area contributed by atoms with E-state index < -0.39 is 18.5 Å². The molecule has 53 heavy (non-hydrogen) atoms. The van der Waals surface area contributed by atoms with E-state index in [1.165, 1.54) is 0 Å². The van der Waals surface area contributed by atoms with E-state index in [2.05, 4.69) is 21.7 Å². The Balaban J connectivity index is 1.18. The van der Waals surface area contributed by atoms with E-state index in [1.807, 2.05) is 49.9 Å². The topological polar surface area (TPSA) is 121 Å². The second kappa shape index (κ2) is 14.2. The largest absolute Gasteiger partial charge is 0.488 e. The molecule has 8 rings (SSSR count). The molecule has 5 atom stereocenters. The second-order valence-electron chi connectivity index (χ2n) is 16.1. The summed E-state index contributed by atoms with van der Waals surface area (Å²) < 4.78 is 35.1. The van der Waals surface area contributed by atoms with Crippen LogP contribution in [0.2, 0.25) is 5.02 Å². The van der Waals surface area contributed by atoms with Crippen molar-refractivity contribution in [3.63, 3.8) is 0 Å². The molecule has 11 nitrogen and oxygen atoms in total. The summed E-state index contributed by atoms with van der Waals surface area (Å²) in [6, 6.07) is 12.9. The van der Waals surface area contributed by atoms with Gasteiger partial charge in [-0.3, -0.25) is 9.80 Å². The number of carbonyl (C=O) groups is 1. The molecule has 2 N–H and O–H groups in total. The number of benzene rings is 3. The Morgan fingerprint density at radius 2 is 1.70 bits per heavy atom. The van der Waals surface area contributed by atoms with E-state index in [0.29, 0.717) is 59.3 Å². The van der Waals surface area contributed by atoms with E-state index in [-0.39, 0.29) is 51.7 Å². The van der Waals surface area contributed by atoms with Crippen molar-refractivity contribution in [2.45, 2.75) is 83.1 Å². The highest BCUT2D eigenvalue weighted by atomic mass is 35.5. The Morgan fingerprint density at radius 1 is 1.02 bits per heavy atom. The predicted octanol–water partition coefficient (Wildman–Crippen LogP) is 5.39. The van der Waals surface area contributed by atoms with Crippen molar-refractivity contribution in [1.82, 2.24) is 19.8 Å². The summed E-state index contributed by atoms with van der Waals surface area (Å²) in [4.78, 5) is 29.3. The van der Waals surface area contributed by atoms with Gasteiger partial charge in [0.25, 0.3) is 0 Å². The minimum atomic E-state index is -1.76. The molecule has 1 amide bonds. The van der Waals surface area contributed by atoms with Crippen LogP contribution in [0.25, 0.3) is 32.8 Å². The van der Waals surface area contributed by atoms with Gasteiger partial charge in [0.05, 0.1) is 36.9 Å². The number of halogens is 2. The zero-order valence-electron chi connectivity index (χ0n) is 30.6. The first-order valence-corrected chi connectivity index (χ1v) is 19.0. The maximum absolute atomic E-state index is 17.2. The van der Waals surface area contributed by atoms with Crippen LogP contribution in [-0.2, 0) is 9.47 Å². The third-order valence-electron chi connectivity index (χ3n) is 11.1. The number of piperazine rings is 1. The molecule has 0 spiro atoms. The number of aromatic nitrogens is 2. The van der Waals surface area contributed by atoms with Gasteiger partial charge in [-0.15, -0.1) is 0 Å². The number of ether oxygens (including phenoxy) is 3. The van der Waals surface area contributed by atoms with Crippen LogP contribution < -0.4 is 15.1 Å². The minimum absolute atomic E-state index is 0.0456. The third-order valence-corrected chi connectivity index (χ3v) is 11.4. The lowest BCUT2D eigenvalue weighted by Gasteiger charge is -2.42. The van der Waals surface area contributed by atoms with Gasteiger partial charge in [-0.05, 0) is 74.3 Å². The lowest BCUT2D eigenvalue weighted by molar-refractivity contribution is -0.0229. The quantitative estimate of drug-likeness (QED) is 0.227. The molecule has 0 saturated carbocycles. The molecule has 5 heterocycles. The predicted molar refractivity (Wildman–Crippen MR) is 203 cm³/mol. The molecule has 4 unspecified atom stereocenters. The molecule has 4 bridgehead atoms. The molecule has 4 saturated heterocycles. The van der Waals surface area contributed by atoms with Crippen LogP contribution in [0.1, 0.15) is 53.4 Å². The van der Waals surface area contributed by atoms with Crippen LogP contribution in [-0.4, -0.2) is 112 Å². The number of hydrogen-bond acceptors (Lipinski definition) is 10. The summed E-state index contributed by atoms with van der Waals surface area (Å²) in [5.74, 6) is -0.0257. The van der Waals surface area contributed by atoms with Gasteiger partial charge >= 0.3 is 19.2 Å². The van der Waals surface area contributed by atoms with Gasteiger partial charge in [-0.25, -0.2) is 9.18 Å². The first kappa shape index (κ1) is 36.2. The number of rotatable bonds is 8. The lowest BCUT2D eigenvalue weighted by Crippen LogP contribution is -2.57. The van der Waals surface area contributed by atoms with Crippen LogP contribution in [0.4, 0.5) is 15.0 Å². The highest BCUT2D eigenvalue weighted by Crippen LogP contribution is 2.42. The van der Waals surface area contributed by atoms with E-state index in [4.69, 9.17) is 30.8 Å². The smallest absolute Gasteiger partial charge is 0.463 e. The van der Waals surface area contributed by atoms with E-state index in [0.717, 1.165) is 45.4 Å². The van der Waals surface area contributed by atoms with Crippen LogP contribution in [0.15, 0.2) is 42.5 Å². The number of hydrogen-bond donors (Lipinski definition) is 2. The number of fused-ring (bicyclic) bond motifs is 6. The van der Waals surface area contributed by atoms with Crippen LogP contribution in [0.3, 0.4) is 0 Å². The summed E-state index contributed by atoms with van der Waals surface area (Å²) in [6.07, 6.45) is 3.57. The number of anilines is 1. The first-order chi connectivity index (χ1) is 25.3. The molecule has 280 valence electrons. The second-order valence-corrected chi connectivity index (χ2v) is 16.6. The maximum atomic E-state index is 17.2. The van der Waals surface area contributed by atoms with Crippen molar-refractivity contribution >= 4 is 57.8 Å². The number of morpholine rings is 1. The number of carbonyl (C=O) groups excluding carboxylic acids is 1. The van der Waals surface area contributed by atoms with Crippen molar-refractivity contribution in [1.29, 1.82) is 0 Å². The Labute approximate surface area is 314 Å². The molecule has 1 aromatic heterocycles. The fourth-order valence-electron chi connectivity index (χ4n) is 8.73. The third kappa shape index (κ3) is 7.02. The van der Waals surface area contributed by atoms with Gasteiger partial charge in [0.15, 0.2) is 5.82 Å². The Hall–Kier alpha value is -3.75. The number of nitrogens with zero attached hydrogens (tertiary/aromatic N) is 5. The highest BCUT2D eigenvalue weighted by Gasteiger charge is 2.45. The Bertz CT molecular complexity index is 2020. The monoisotopic (exact) mass is 745 g/mol. The molecule has 0 radical (unpaired) electrons. The molecule has 4 fully saturated rings. The van der Waals surface area contributed by atoms with E-state index in [1.54, 1.807) is 18.2 Å². The maximum Gasteiger partial charge on any atom is 0.488 e. The van der Waals surface area contributed by atoms with Crippen molar-refractivity contribution in [2.24, 2.45) is 5.92 Å². The highest BCUT2D eigenvalue weighted by molar-refractivity contribution is 6.59. The summed E-state index contributed by atoms with van der Waals surface area (Å²) >= 11 is 6.99. The van der Waals surface area contributed by atoms with Crippen molar-refractivity contribution in [2.75, 3.05) is 44.4 Å². The minimum Gasteiger partial charge on any atom is -0.463 e. The van der Waals surface area contributed by atoms with Crippen molar-refractivity contribution < 1.29 is 33.4 Å². The summed E-state index contributed by atoms with van der Waals surface area (Å²) in [7, 11) is -1.76. The lowest BCUT2D eigenvalue weighted by atomic mass is 9.77. The Kier molecular flexibility index (Phi) is 9.68. The molecular formula is C39H46BClFN5O6. The standard InChI is InChI=1S/C39H46BClFN5O6/c1-22(16-46-27-11-12-28(46)21-51-20-27)19-52-37-43-35-31(36(44-37)45-17-25-9-10-26(18-45)47(25)38(48)53-39(2,3)4)15-32(41)33(34(35)42)30-14-24(40(49)50)13-23-7-5-6-8-29(23)30/h5-8,13-15,22,25-28,49-50H,9-12,16-21H2,1-4H3/t22-,25?,26?,27?,28?/m1/s1. The molecule has 4 aliphatic heterocycles. The average Bonchev–Trinajstić information content (AvgIpc) is 3.49. The van der Waals surface area contributed by atoms with Crippen molar-refractivity contribution in [3.05, 3.63) is 53.3 Å². The van der Waals surface area contributed by atoms with Crippen LogP contribution >= 0.6 is 11.6 Å². The average molecular weight is 746 g/mol. The zero-order chi connectivity index (χ0) is 37.2. The van der Waals surface area contributed by atoms with E-state index in [9.17, 15) is 14.8 Å². The molecule has 14 heteroatoms. The molecule has 4 aliphatic rings. The fourth-order valence-corrected chi connectivity index (χ4v) is 9.03. The summed E-state index contributed by atoms with van der Waals surface area (Å²) in [6.45, 7) is 11.4. The molecular weight excluding hydrogens is 700 g/mol. The van der Waals surface area contributed by atoms with Gasteiger partial charge < -0.3 is 29.2 Å². The Morgan fingerprint density at radius 3 is 2.38 bits per heavy atom. The summed E-state index contributed by atoms with van der Waals surface area (Å²) in [5, 5.41) is 22.2. The van der Waals surface area contributed by atoms with Crippen LogP contribution in [0, 0.1) is 11.7 Å². The first-order valence-electron chi connectivity index (χ1n) is 18.7. The van der Waals surface area contributed by atoms with Crippen molar-refractivity contribution in [3.8, 4) is 17.1 Å². The van der Waals surface area contributed by atoms with E-state index >= 15 is 4.39 Å². The van der Waals surface area contributed by atoms with Gasteiger partial charge in [-0.2, -0.15) is 9.97 Å². The molecule has 4 aromatic rings. The molecule has 0 aliphatic carbocycles. The van der Waals surface area contributed by atoms with Gasteiger partial charge in [0, 0.05) is 48.6 Å². The zero-order valence-corrected chi connectivity index (χ0v) is 31.4.